The highest BCUT2D eigenvalue weighted by Crippen LogP contribution is 2.14. The maximum atomic E-state index is 12.1. The van der Waals surface area contributed by atoms with Crippen molar-refractivity contribution in [3.8, 4) is 0 Å². The van der Waals surface area contributed by atoms with Gasteiger partial charge in [0.25, 0.3) is 0 Å². The number of carbonyl (C=O) groups excluding carboxylic acids is 1. The van der Waals surface area contributed by atoms with E-state index >= 15 is 0 Å². The predicted octanol–water partition coefficient (Wildman–Crippen LogP) is 0.692. The monoisotopic (exact) mass is 269 g/mol. The van der Waals surface area contributed by atoms with Gasteiger partial charge >= 0.3 is 0 Å². The molecule has 1 amide bonds. The van der Waals surface area contributed by atoms with Gasteiger partial charge in [0.15, 0.2) is 0 Å². The van der Waals surface area contributed by atoms with Crippen LogP contribution >= 0.6 is 11.3 Å². The molecule has 0 radical (unpaired) electrons. The lowest BCUT2D eigenvalue weighted by atomic mass is 10.0. The molecule has 2 rings (SSSR count). The summed E-state index contributed by atoms with van der Waals surface area (Å²) in [6.45, 7) is 6.45. The number of carbonyl (C=O) groups is 1. The number of amides is 1. The Kier molecular flexibility index (Phi) is 4.68. The van der Waals surface area contributed by atoms with Gasteiger partial charge in [-0.05, 0) is 13.5 Å². The van der Waals surface area contributed by atoms with E-state index < -0.39 is 0 Å². The van der Waals surface area contributed by atoms with Gasteiger partial charge < -0.3 is 15.4 Å². The summed E-state index contributed by atoms with van der Waals surface area (Å²) in [4.78, 5) is 16.4. The number of hydrogen-bond acceptors (Lipinski definition) is 5. The van der Waals surface area contributed by atoms with Crippen LogP contribution in [0.1, 0.15) is 17.6 Å². The average molecular weight is 269 g/mol. The molecule has 1 aliphatic rings. The van der Waals surface area contributed by atoms with E-state index in [0.29, 0.717) is 19.8 Å². The minimum atomic E-state index is -0.0929. The molecule has 0 aliphatic carbocycles. The van der Waals surface area contributed by atoms with Crippen molar-refractivity contribution in [1.29, 1.82) is 0 Å². The van der Waals surface area contributed by atoms with E-state index in [0.717, 1.165) is 17.2 Å². The molecule has 1 aromatic rings. The minimum absolute atomic E-state index is 0.0455. The molecular formula is C12H19N3O2S. The second kappa shape index (κ2) is 6.26. The third kappa shape index (κ3) is 3.28. The molecule has 0 spiro atoms. The van der Waals surface area contributed by atoms with Crippen molar-refractivity contribution in [1.82, 2.24) is 15.6 Å². The molecule has 0 bridgehead atoms. The van der Waals surface area contributed by atoms with Crippen LogP contribution in [0.4, 0.5) is 0 Å². The number of nitrogens with one attached hydrogen (secondary N) is 2. The van der Waals surface area contributed by atoms with E-state index in [1.165, 1.54) is 0 Å². The molecule has 18 heavy (non-hydrogen) atoms. The van der Waals surface area contributed by atoms with Crippen LogP contribution in [0.3, 0.4) is 0 Å². The van der Waals surface area contributed by atoms with Gasteiger partial charge in [-0.25, -0.2) is 4.98 Å². The molecule has 5 nitrogen and oxygen atoms in total. The van der Waals surface area contributed by atoms with E-state index in [9.17, 15) is 4.79 Å². The molecule has 1 fully saturated rings. The number of nitrogens with zero attached hydrogens (tertiary/aromatic N) is 1. The zero-order chi connectivity index (χ0) is 13.0. The average Bonchev–Trinajstić information content (AvgIpc) is 2.96. The Hall–Kier alpha value is -0.980. The molecule has 0 aromatic carbocycles. The molecular weight excluding hydrogens is 250 g/mol. The van der Waals surface area contributed by atoms with Crippen LogP contribution in [0.25, 0.3) is 0 Å². The van der Waals surface area contributed by atoms with Crippen molar-refractivity contribution in [3.05, 3.63) is 16.1 Å². The van der Waals surface area contributed by atoms with E-state index in [-0.39, 0.29) is 17.9 Å². The molecule has 1 aliphatic heterocycles. The molecule has 2 atom stereocenters. The predicted molar refractivity (Wildman–Crippen MR) is 70.5 cm³/mol. The Balaban J connectivity index is 1.83. The van der Waals surface area contributed by atoms with Crippen LogP contribution in [0, 0.1) is 12.8 Å². The summed E-state index contributed by atoms with van der Waals surface area (Å²) in [6, 6.07) is 0.132. The van der Waals surface area contributed by atoms with Crippen molar-refractivity contribution in [2.24, 2.45) is 5.92 Å². The number of aryl methyl sites for hydroxylation is 1. The topological polar surface area (TPSA) is 63.2 Å². The normalized spacial score (nSPS) is 23.2. The fraction of sp³-hybridized carbons (Fsp3) is 0.667. The Morgan fingerprint density at radius 2 is 2.44 bits per heavy atom. The third-order valence-electron chi connectivity index (χ3n) is 2.99. The maximum Gasteiger partial charge on any atom is 0.227 e. The summed E-state index contributed by atoms with van der Waals surface area (Å²) < 4.78 is 5.36. The van der Waals surface area contributed by atoms with Gasteiger partial charge in [0, 0.05) is 11.4 Å². The van der Waals surface area contributed by atoms with Gasteiger partial charge in [-0.3, -0.25) is 4.79 Å². The number of rotatable bonds is 5. The summed E-state index contributed by atoms with van der Waals surface area (Å²) in [5.41, 5.74) is 0.921. The van der Waals surface area contributed by atoms with Crippen LogP contribution in [-0.2, 0) is 16.1 Å². The molecule has 6 heteroatoms. The molecule has 1 aromatic heterocycles. The lowest BCUT2D eigenvalue weighted by molar-refractivity contribution is -0.125. The van der Waals surface area contributed by atoms with Gasteiger partial charge in [0.2, 0.25) is 5.91 Å². The van der Waals surface area contributed by atoms with Crippen molar-refractivity contribution >= 4 is 17.2 Å². The molecule has 0 saturated carbocycles. The lowest BCUT2D eigenvalue weighted by Gasteiger charge is -2.17. The Labute approximate surface area is 111 Å². The molecule has 100 valence electrons. The molecule has 2 heterocycles. The Morgan fingerprint density at radius 3 is 3.11 bits per heavy atom. The van der Waals surface area contributed by atoms with Crippen molar-refractivity contribution in [3.63, 3.8) is 0 Å². The quantitative estimate of drug-likeness (QED) is 0.825. The summed E-state index contributed by atoms with van der Waals surface area (Å²) in [6.07, 6.45) is 0. The summed E-state index contributed by atoms with van der Waals surface area (Å²) in [7, 11) is 0. The molecule has 1 saturated heterocycles. The van der Waals surface area contributed by atoms with E-state index in [1.807, 2.05) is 19.2 Å². The fourth-order valence-electron chi connectivity index (χ4n) is 2.07. The van der Waals surface area contributed by atoms with Crippen LogP contribution in [0.15, 0.2) is 5.38 Å². The summed E-state index contributed by atoms with van der Waals surface area (Å²) in [5, 5.41) is 9.20. The second-order valence-corrected chi connectivity index (χ2v) is 5.45. The Morgan fingerprint density at radius 1 is 1.61 bits per heavy atom. The van der Waals surface area contributed by atoms with Crippen LogP contribution < -0.4 is 10.6 Å². The zero-order valence-electron chi connectivity index (χ0n) is 10.7. The van der Waals surface area contributed by atoms with Crippen molar-refractivity contribution in [2.45, 2.75) is 26.4 Å². The fourth-order valence-corrected chi connectivity index (χ4v) is 2.69. The second-order valence-electron chi connectivity index (χ2n) is 4.38. The summed E-state index contributed by atoms with van der Waals surface area (Å²) in [5.74, 6) is -0.0474. The van der Waals surface area contributed by atoms with Crippen LogP contribution in [0.5, 0.6) is 0 Å². The summed E-state index contributed by atoms with van der Waals surface area (Å²) >= 11 is 1.60. The highest BCUT2D eigenvalue weighted by molar-refractivity contribution is 7.09. The van der Waals surface area contributed by atoms with Crippen LogP contribution in [0.2, 0.25) is 0 Å². The van der Waals surface area contributed by atoms with Gasteiger partial charge in [0.05, 0.1) is 36.4 Å². The van der Waals surface area contributed by atoms with E-state index in [1.54, 1.807) is 11.3 Å². The molecule has 2 unspecified atom stereocenters. The number of aromatic nitrogens is 1. The first-order valence-corrected chi connectivity index (χ1v) is 7.08. The number of thiazole rings is 1. The minimum Gasteiger partial charge on any atom is -0.379 e. The highest BCUT2D eigenvalue weighted by atomic mass is 32.1. The Bertz CT molecular complexity index is 408. The molecule has 2 N–H and O–H groups in total. The van der Waals surface area contributed by atoms with Crippen LogP contribution in [-0.4, -0.2) is 36.7 Å². The number of ether oxygens (including phenoxy) is 1. The van der Waals surface area contributed by atoms with E-state index in [4.69, 9.17) is 4.74 Å². The standard InChI is InChI=1S/C12H19N3O2S/c1-3-13-11-6-17-5-10(11)12(16)14-4-9-7-18-8(2)15-9/h7,10-11,13H,3-6H2,1-2H3,(H,14,16). The lowest BCUT2D eigenvalue weighted by Crippen LogP contribution is -2.43. The van der Waals surface area contributed by atoms with Gasteiger partial charge in [-0.2, -0.15) is 0 Å². The highest BCUT2D eigenvalue weighted by Gasteiger charge is 2.33. The SMILES string of the molecule is CCNC1COCC1C(=O)NCc1csc(C)n1. The first-order valence-electron chi connectivity index (χ1n) is 6.20. The van der Waals surface area contributed by atoms with Gasteiger partial charge in [0.1, 0.15) is 0 Å². The largest absolute Gasteiger partial charge is 0.379 e. The van der Waals surface area contributed by atoms with E-state index in [2.05, 4.69) is 15.6 Å². The van der Waals surface area contributed by atoms with Crippen molar-refractivity contribution in [2.75, 3.05) is 19.8 Å². The number of likely N-dealkylation sites (N-methyl/N-ethyl adjacent to an activating group) is 1. The van der Waals surface area contributed by atoms with Gasteiger partial charge in [-0.15, -0.1) is 11.3 Å². The zero-order valence-corrected chi connectivity index (χ0v) is 11.5. The first kappa shape index (κ1) is 13.5. The number of hydrogen-bond donors (Lipinski definition) is 2. The van der Waals surface area contributed by atoms with Crippen molar-refractivity contribution < 1.29 is 9.53 Å². The smallest absolute Gasteiger partial charge is 0.227 e. The first-order chi connectivity index (χ1) is 8.70. The maximum absolute atomic E-state index is 12.1. The van der Waals surface area contributed by atoms with Gasteiger partial charge in [-0.1, -0.05) is 6.92 Å². The third-order valence-corrected chi connectivity index (χ3v) is 3.82.